The van der Waals surface area contributed by atoms with Gasteiger partial charge in [-0.3, -0.25) is 0 Å². The Hall–Kier alpha value is -1.03. The maximum Gasteiger partial charge on any atom is 0.331 e. The highest BCUT2D eigenvalue weighted by molar-refractivity contribution is 5.81. The molecule has 0 aliphatic rings. The number of methoxy groups -OCH3 is 1. The minimum absolute atomic E-state index is 0.117. The van der Waals surface area contributed by atoms with Gasteiger partial charge in [0.2, 0.25) is 0 Å². The van der Waals surface area contributed by atoms with Gasteiger partial charge in [-0.2, -0.15) is 0 Å². The second-order valence-corrected chi connectivity index (χ2v) is 3.36. The van der Waals surface area contributed by atoms with Crippen molar-refractivity contribution in [2.75, 3.05) is 13.7 Å². The van der Waals surface area contributed by atoms with Crippen LogP contribution in [0, 0.1) is 0 Å². The molecule has 76 valence electrons. The van der Waals surface area contributed by atoms with Crippen LogP contribution in [0.25, 0.3) is 0 Å². The van der Waals surface area contributed by atoms with Crippen molar-refractivity contribution in [3.05, 3.63) is 12.3 Å². The topological polar surface area (TPSA) is 58.6 Å². The minimum Gasteiger partial charge on any atom is -0.466 e. The van der Waals surface area contributed by atoms with Gasteiger partial charge in [-0.25, -0.2) is 4.79 Å². The Balaban J connectivity index is 3.86. The Morgan fingerprint density at radius 3 is 2.69 bits per heavy atom. The molecule has 0 rings (SSSR count). The van der Waals surface area contributed by atoms with Crippen molar-refractivity contribution < 1.29 is 14.6 Å². The van der Waals surface area contributed by atoms with Crippen LogP contribution < -0.4 is 5.32 Å². The number of nitrogens with one attached hydrogen (secondary N) is 1. The third-order valence-electron chi connectivity index (χ3n) is 1.63. The van der Waals surface area contributed by atoms with E-state index >= 15 is 0 Å². The number of hydrogen-bond acceptors (Lipinski definition) is 4. The first-order chi connectivity index (χ1) is 6.02. The number of carbonyl (C=O) groups excluding carboxylic acids is 1. The van der Waals surface area contributed by atoms with Crippen LogP contribution in [0.1, 0.15) is 20.3 Å². The van der Waals surface area contributed by atoms with Crippen LogP contribution in [0.5, 0.6) is 0 Å². The minimum atomic E-state index is -0.396. The number of carbonyl (C=O) groups is 1. The van der Waals surface area contributed by atoms with E-state index in [1.807, 2.05) is 13.8 Å². The number of esters is 1. The second-order valence-electron chi connectivity index (χ2n) is 3.36. The highest BCUT2D eigenvalue weighted by Crippen LogP contribution is 2.06. The molecule has 13 heavy (non-hydrogen) atoms. The van der Waals surface area contributed by atoms with E-state index in [0.717, 1.165) is 0 Å². The summed E-state index contributed by atoms with van der Waals surface area (Å²) in [5.41, 5.74) is -0.209. The molecule has 0 aliphatic heterocycles. The van der Waals surface area contributed by atoms with Crippen molar-refractivity contribution in [3.63, 3.8) is 0 Å². The third kappa shape index (κ3) is 6.16. The average Bonchev–Trinajstić information content (AvgIpc) is 2.03. The van der Waals surface area contributed by atoms with Gasteiger partial charge < -0.3 is 15.2 Å². The average molecular weight is 187 g/mol. The Morgan fingerprint density at radius 1 is 1.62 bits per heavy atom. The van der Waals surface area contributed by atoms with Crippen LogP contribution in [0.2, 0.25) is 0 Å². The summed E-state index contributed by atoms with van der Waals surface area (Å²) >= 11 is 0. The molecular weight excluding hydrogens is 170 g/mol. The van der Waals surface area contributed by atoms with Crippen LogP contribution in [0.15, 0.2) is 12.3 Å². The largest absolute Gasteiger partial charge is 0.466 e. The number of rotatable bonds is 5. The van der Waals surface area contributed by atoms with Crippen molar-refractivity contribution in [3.8, 4) is 0 Å². The van der Waals surface area contributed by atoms with Crippen molar-refractivity contribution in [2.45, 2.75) is 25.8 Å². The zero-order valence-corrected chi connectivity index (χ0v) is 8.33. The maximum absolute atomic E-state index is 10.7. The number of hydrogen-bond donors (Lipinski definition) is 2. The molecule has 0 radical (unpaired) electrons. The van der Waals surface area contributed by atoms with E-state index in [-0.39, 0.29) is 12.1 Å². The zero-order valence-electron chi connectivity index (χ0n) is 8.33. The van der Waals surface area contributed by atoms with E-state index in [4.69, 9.17) is 5.11 Å². The smallest absolute Gasteiger partial charge is 0.331 e. The van der Waals surface area contributed by atoms with E-state index in [9.17, 15) is 4.79 Å². The second kappa shape index (κ2) is 5.59. The monoisotopic (exact) mass is 187 g/mol. The zero-order chi connectivity index (χ0) is 10.3. The molecule has 0 unspecified atom stereocenters. The van der Waals surface area contributed by atoms with Crippen LogP contribution in [-0.2, 0) is 9.53 Å². The summed E-state index contributed by atoms with van der Waals surface area (Å²) < 4.78 is 4.41. The molecule has 0 amide bonds. The van der Waals surface area contributed by atoms with Crippen LogP contribution in [-0.4, -0.2) is 30.3 Å². The van der Waals surface area contributed by atoms with E-state index in [1.54, 1.807) is 0 Å². The van der Waals surface area contributed by atoms with Crippen molar-refractivity contribution >= 4 is 5.97 Å². The highest BCUT2D eigenvalue weighted by atomic mass is 16.5. The molecule has 0 bridgehead atoms. The fourth-order valence-electron chi connectivity index (χ4n) is 0.755. The van der Waals surface area contributed by atoms with Gasteiger partial charge in [0.05, 0.1) is 7.11 Å². The van der Waals surface area contributed by atoms with Gasteiger partial charge in [0.25, 0.3) is 0 Å². The molecule has 0 atom stereocenters. The third-order valence-corrected chi connectivity index (χ3v) is 1.63. The number of aliphatic hydroxyl groups excluding tert-OH is 1. The lowest BCUT2D eigenvalue weighted by atomic mass is 10.0. The summed E-state index contributed by atoms with van der Waals surface area (Å²) in [6, 6.07) is 0. The van der Waals surface area contributed by atoms with Gasteiger partial charge in [0, 0.05) is 24.4 Å². The first kappa shape index (κ1) is 12.0. The molecule has 0 saturated carbocycles. The van der Waals surface area contributed by atoms with Crippen LogP contribution in [0.3, 0.4) is 0 Å². The molecule has 0 fully saturated rings. The van der Waals surface area contributed by atoms with Gasteiger partial charge in [0.1, 0.15) is 0 Å². The first-order valence-corrected chi connectivity index (χ1v) is 4.15. The fourth-order valence-corrected chi connectivity index (χ4v) is 0.755. The molecule has 0 aromatic rings. The quantitative estimate of drug-likeness (QED) is 0.484. The maximum atomic E-state index is 10.7. The number of aliphatic hydroxyl groups is 1. The fraction of sp³-hybridized carbons (Fsp3) is 0.667. The van der Waals surface area contributed by atoms with Crippen LogP contribution >= 0.6 is 0 Å². The molecule has 0 aromatic carbocycles. The molecule has 0 aliphatic carbocycles. The molecule has 4 nitrogen and oxygen atoms in total. The lowest BCUT2D eigenvalue weighted by Gasteiger charge is -2.23. The molecule has 0 spiro atoms. The highest BCUT2D eigenvalue weighted by Gasteiger charge is 2.13. The van der Waals surface area contributed by atoms with Gasteiger partial charge in [0.15, 0.2) is 0 Å². The molecule has 0 aromatic heterocycles. The summed E-state index contributed by atoms with van der Waals surface area (Å²) in [6.07, 6.45) is 3.46. The van der Waals surface area contributed by atoms with Crippen molar-refractivity contribution in [1.82, 2.24) is 5.32 Å². The Labute approximate surface area is 78.6 Å². The molecule has 4 heteroatoms. The molecule has 2 N–H and O–H groups in total. The normalized spacial score (nSPS) is 11.7. The summed E-state index contributed by atoms with van der Waals surface area (Å²) in [5, 5.41) is 11.7. The predicted molar refractivity (Wildman–Crippen MR) is 50.1 cm³/mol. The van der Waals surface area contributed by atoms with Crippen molar-refractivity contribution in [1.29, 1.82) is 0 Å². The standard InChI is InChI=1S/C9H17NO3/c1-9(2,5-7-11)10-6-4-8(12)13-3/h4,6,10-11H,5,7H2,1-3H3/b6-4+. The molecule has 0 heterocycles. The van der Waals surface area contributed by atoms with Gasteiger partial charge in [-0.05, 0) is 20.3 Å². The van der Waals surface area contributed by atoms with Gasteiger partial charge >= 0.3 is 5.97 Å². The summed E-state index contributed by atoms with van der Waals surface area (Å²) in [6.45, 7) is 3.99. The molecular formula is C9H17NO3. The van der Waals surface area contributed by atoms with E-state index in [1.165, 1.54) is 19.4 Å². The SMILES string of the molecule is COC(=O)/C=C/NC(C)(C)CCO. The van der Waals surface area contributed by atoms with E-state index in [0.29, 0.717) is 6.42 Å². The van der Waals surface area contributed by atoms with E-state index in [2.05, 4.69) is 10.1 Å². The van der Waals surface area contributed by atoms with Crippen molar-refractivity contribution in [2.24, 2.45) is 0 Å². The lowest BCUT2D eigenvalue weighted by molar-refractivity contribution is -0.134. The summed E-state index contributed by atoms with van der Waals surface area (Å²) in [5.74, 6) is -0.396. The Bertz CT molecular complexity index is 187. The van der Waals surface area contributed by atoms with Crippen LogP contribution in [0.4, 0.5) is 0 Å². The number of ether oxygens (including phenoxy) is 1. The van der Waals surface area contributed by atoms with E-state index < -0.39 is 5.97 Å². The van der Waals surface area contributed by atoms with Gasteiger partial charge in [-0.1, -0.05) is 0 Å². The summed E-state index contributed by atoms with van der Waals surface area (Å²) in [7, 11) is 1.32. The first-order valence-electron chi connectivity index (χ1n) is 4.15. The van der Waals surface area contributed by atoms with Gasteiger partial charge in [-0.15, -0.1) is 0 Å². The Morgan fingerprint density at radius 2 is 2.23 bits per heavy atom. The summed E-state index contributed by atoms with van der Waals surface area (Å²) in [4.78, 5) is 10.7. The Kier molecular flexibility index (Phi) is 5.14. The lowest BCUT2D eigenvalue weighted by Crippen LogP contribution is -2.36. The molecule has 0 saturated heterocycles. The predicted octanol–water partition coefficient (Wildman–Crippen LogP) is 0.424.